The molecule has 19 heavy (non-hydrogen) atoms. The quantitative estimate of drug-likeness (QED) is 0.639. The molecule has 0 aromatic carbocycles. The van der Waals surface area contributed by atoms with Crippen molar-refractivity contribution in [3.8, 4) is 0 Å². The topological polar surface area (TPSA) is 27.7 Å². The van der Waals surface area contributed by atoms with Crippen LogP contribution in [0.15, 0.2) is 0 Å². The summed E-state index contributed by atoms with van der Waals surface area (Å²) in [4.78, 5) is 0. The summed E-state index contributed by atoms with van der Waals surface area (Å²) in [7, 11) is -4.48. The van der Waals surface area contributed by atoms with E-state index in [9.17, 15) is 13.2 Å². The first-order valence-electron chi connectivity index (χ1n) is 6.50. The summed E-state index contributed by atoms with van der Waals surface area (Å²) >= 11 is 0. The first-order chi connectivity index (χ1) is 8.44. The zero-order valence-corrected chi connectivity index (χ0v) is 13.7. The molecule has 0 amide bonds. The predicted octanol–water partition coefficient (Wildman–Crippen LogP) is 3.73. The van der Waals surface area contributed by atoms with Gasteiger partial charge in [0.2, 0.25) is 0 Å². The molecule has 0 aromatic rings. The maximum Gasteiger partial charge on any atom is 0.578 e. The molecule has 0 radical (unpaired) electrons. The van der Waals surface area contributed by atoms with Crippen LogP contribution >= 0.6 is 0 Å². The molecule has 0 saturated carbocycles. The third kappa shape index (κ3) is 5.05. The molecule has 0 aromatic heterocycles. The van der Waals surface area contributed by atoms with Gasteiger partial charge in [-0.2, -0.15) is 8.78 Å². The van der Waals surface area contributed by atoms with Crippen LogP contribution in [0.2, 0.25) is 0 Å². The average molecular weight is 302 g/mol. The molecule has 0 aliphatic heterocycles. The number of rotatable bonds is 8. The van der Waals surface area contributed by atoms with Crippen molar-refractivity contribution >= 4 is 8.80 Å². The highest BCUT2D eigenvalue weighted by Crippen LogP contribution is 2.37. The molecule has 7 heteroatoms. The van der Waals surface area contributed by atoms with Gasteiger partial charge in [-0.05, 0) is 48.5 Å². The lowest BCUT2D eigenvalue weighted by molar-refractivity contribution is -0.111. The van der Waals surface area contributed by atoms with Gasteiger partial charge in [0.15, 0.2) is 6.17 Å². The number of hydrogen-bond donors (Lipinski definition) is 0. The Morgan fingerprint density at radius 3 is 1.16 bits per heavy atom. The number of hydrogen-bond acceptors (Lipinski definition) is 3. The van der Waals surface area contributed by atoms with E-state index in [1.165, 1.54) is 0 Å². The van der Waals surface area contributed by atoms with Crippen LogP contribution in [0.5, 0.6) is 0 Å². The van der Waals surface area contributed by atoms with Gasteiger partial charge in [-0.1, -0.05) is 0 Å². The van der Waals surface area contributed by atoms with E-state index in [1.807, 2.05) is 0 Å². The van der Waals surface area contributed by atoms with Crippen LogP contribution in [-0.4, -0.2) is 38.8 Å². The van der Waals surface area contributed by atoms with E-state index in [-0.39, 0.29) is 0 Å². The van der Waals surface area contributed by atoms with Gasteiger partial charge in [0.1, 0.15) is 0 Å². The summed E-state index contributed by atoms with van der Waals surface area (Å²) in [5.74, 6) is 0. The zero-order valence-electron chi connectivity index (χ0n) is 12.7. The molecular formula is C12H25F3O3Si. The largest absolute Gasteiger partial charge is 0.578 e. The summed E-state index contributed by atoms with van der Waals surface area (Å²) in [6.45, 7) is 10.3. The minimum absolute atomic E-state index is 0.547. The molecule has 0 heterocycles. The fourth-order valence-electron chi connectivity index (χ4n) is 1.49. The fraction of sp³-hybridized carbons (Fsp3) is 1.00. The van der Waals surface area contributed by atoms with Gasteiger partial charge >= 0.3 is 14.4 Å². The third-order valence-electron chi connectivity index (χ3n) is 2.08. The van der Waals surface area contributed by atoms with Crippen molar-refractivity contribution in [2.45, 2.75) is 78.5 Å². The van der Waals surface area contributed by atoms with E-state index in [1.54, 1.807) is 41.5 Å². The molecular weight excluding hydrogens is 277 g/mol. The van der Waals surface area contributed by atoms with E-state index < -0.39 is 38.8 Å². The Balaban J connectivity index is 5.58. The molecule has 1 unspecified atom stereocenters. The van der Waals surface area contributed by atoms with Crippen molar-refractivity contribution < 1.29 is 26.4 Å². The zero-order chi connectivity index (χ0) is 15.4. The van der Waals surface area contributed by atoms with Crippen molar-refractivity contribution in [2.24, 2.45) is 0 Å². The Hall–Kier alpha value is -0.113. The third-order valence-corrected chi connectivity index (χ3v) is 5.64. The standard InChI is InChI=1S/C12H25F3O3Si/c1-8(2)16-19(17-9(3)4,18-10(5)6)12(14,15)11(7)13/h8-11H,1-7H3. The van der Waals surface area contributed by atoms with Crippen LogP contribution in [0.3, 0.4) is 0 Å². The van der Waals surface area contributed by atoms with E-state index >= 15 is 0 Å². The van der Waals surface area contributed by atoms with Crippen LogP contribution < -0.4 is 0 Å². The second kappa shape index (κ2) is 7.06. The molecule has 3 nitrogen and oxygen atoms in total. The van der Waals surface area contributed by atoms with Gasteiger partial charge in [-0.3, -0.25) is 0 Å². The highest BCUT2D eigenvalue weighted by Gasteiger charge is 2.69. The first kappa shape index (κ1) is 18.9. The van der Waals surface area contributed by atoms with Crippen molar-refractivity contribution in [3.63, 3.8) is 0 Å². The molecule has 0 spiro atoms. The van der Waals surface area contributed by atoms with Gasteiger partial charge in [0.25, 0.3) is 0 Å². The van der Waals surface area contributed by atoms with E-state index in [4.69, 9.17) is 13.3 Å². The lowest BCUT2D eigenvalue weighted by atomic mass is 10.5. The molecule has 116 valence electrons. The SMILES string of the molecule is CC(C)O[Si](OC(C)C)(OC(C)C)C(F)(F)C(C)F. The lowest BCUT2D eigenvalue weighted by Gasteiger charge is -2.39. The maximum absolute atomic E-state index is 14.3. The molecule has 0 saturated heterocycles. The molecule has 0 aliphatic carbocycles. The summed E-state index contributed by atoms with van der Waals surface area (Å²) < 4.78 is 57.8. The van der Waals surface area contributed by atoms with Gasteiger partial charge < -0.3 is 13.3 Å². The van der Waals surface area contributed by atoms with Crippen LogP contribution in [0.25, 0.3) is 0 Å². The fourth-order valence-corrected chi connectivity index (χ4v) is 4.48. The number of halogens is 3. The molecule has 0 N–H and O–H groups in total. The monoisotopic (exact) mass is 302 g/mol. The van der Waals surface area contributed by atoms with Crippen LogP contribution in [0, 0.1) is 0 Å². The Morgan fingerprint density at radius 1 is 0.737 bits per heavy atom. The molecule has 0 rings (SSSR count). The smallest absolute Gasteiger partial charge is 0.367 e. The minimum Gasteiger partial charge on any atom is -0.367 e. The molecule has 0 aliphatic rings. The summed E-state index contributed by atoms with van der Waals surface area (Å²) in [5.41, 5.74) is -3.79. The molecule has 0 bridgehead atoms. The van der Waals surface area contributed by atoms with Gasteiger partial charge in [-0.15, -0.1) is 0 Å². The molecule has 1 atom stereocenters. The minimum atomic E-state index is -4.48. The normalized spacial score (nSPS) is 15.6. The van der Waals surface area contributed by atoms with Crippen LogP contribution in [0.1, 0.15) is 48.5 Å². The lowest BCUT2D eigenvalue weighted by Crippen LogP contribution is -2.66. The highest BCUT2D eigenvalue weighted by atomic mass is 28.4. The molecule has 0 fully saturated rings. The maximum atomic E-state index is 14.3. The average Bonchev–Trinajstić information content (AvgIpc) is 2.12. The van der Waals surface area contributed by atoms with Gasteiger partial charge in [0.05, 0.1) is 0 Å². The van der Waals surface area contributed by atoms with E-state index in [0.29, 0.717) is 0 Å². The van der Waals surface area contributed by atoms with Crippen molar-refractivity contribution in [3.05, 3.63) is 0 Å². The second-order valence-electron chi connectivity index (χ2n) is 5.29. The number of alkyl halides is 3. The van der Waals surface area contributed by atoms with Gasteiger partial charge in [0, 0.05) is 18.3 Å². The van der Waals surface area contributed by atoms with Crippen molar-refractivity contribution in [1.82, 2.24) is 0 Å². The first-order valence-corrected chi connectivity index (χ1v) is 8.22. The van der Waals surface area contributed by atoms with E-state index in [2.05, 4.69) is 0 Å². The second-order valence-corrected chi connectivity index (χ2v) is 7.78. The van der Waals surface area contributed by atoms with E-state index in [0.717, 1.165) is 6.92 Å². The summed E-state index contributed by atoms with van der Waals surface area (Å²) in [6, 6.07) is 0. The van der Waals surface area contributed by atoms with Crippen molar-refractivity contribution in [2.75, 3.05) is 0 Å². The van der Waals surface area contributed by atoms with Gasteiger partial charge in [-0.25, -0.2) is 4.39 Å². The Kier molecular flexibility index (Phi) is 7.01. The summed E-state index contributed by atoms with van der Waals surface area (Å²) in [6.07, 6.45) is -4.05. The Morgan fingerprint density at radius 2 is 1.00 bits per heavy atom. The van der Waals surface area contributed by atoms with Crippen molar-refractivity contribution in [1.29, 1.82) is 0 Å². The Labute approximate surface area is 114 Å². The Bertz CT molecular complexity index is 244. The predicted molar refractivity (Wildman–Crippen MR) is 69.9 cm³/mol. The van der Waals surface area contributed by atoms with Crippen LogP contribution in [-0.2, 0) is 13.3 Å². The highest BCUT2D eigenvalue weighted by molar-refractivity contribution is 6.63. The van der Waals surface area contributed by atoms with Crippen LogP contribution in [0.4, 0.5) is 13.2 Å². The summed E-state index contributed by atoms with van der Waals surface area (Å²) in [5, 5.41) is 0.